The Morgan fingerprint density at radius 2 is 1.53 bits per heavy atom. The first kappa shape index (κ1) is 73.0. The van der Waals surface area contributed by atoms with Gasteiger partial charge in [-0.15, -0.1) is 6.58 Å². The van der Waals surface area contributed by atoms with E-state index in [9.17, 15) is 43.5 Å². The molecule has 0 radical (unpaired) electrons. The van der Waals surface area contributed by atoms with E-state index < -0.39 is 86.3 Å². The molecule has 2 fully saturated rings. The molecule has 0 spiro atoms. The largest absolute Gasteiger partial charge is 0.452 e. The molecule has 482 valence electrons. The summed E-state index contributed by atoms with van der Waals surface area (Å²) in [7, 11) is -2.19. The molecule has 0 aliphatic carbocycles. The number of carbonyl (C=O) groups is 8. The summed E-state index contributed by atoms with van der Waals surface area (Å²) in [5.74, 6) is -5.75. The van der Waals surface area contributed by atoms with Crippen LogP contribution < -0.4 is 26.7 Å². The fourth-order valence-electron chi connectivity index (χ4n) is 10.2. The highest BCUT2D eigenvalue weighted by Crippen LogP contribution is 2.39. The van der Waals surface area contributed by atoms with E-state index in [1.807, 2.05) is 80.6 Å². The smallest absolute Gasteiger partial charge is 0.312 e. The van der Waals surface area contributed by atoms with Gasteiger partial charge in [-0.3, -0.25) is 43.4 Å². The fourth-order valence-corrected chi connectivity index (χ4v) is 11.6. The lowest BCUT2D eigenvalue weighted by atomic mass is 9.95. The maximum atomic E-state index is 13.5. The second kappa shape index (κ2) is 33.8. The summed E-state index contributed by atoms with van der Waals surface area (Å²) in [6.45, 7) is 37.0. The van der Waals surface area contributed by atoms with Crippen LogP contribution in [0.25, 0.3) is 12.2 Å². The van der Waals surface area contributed by atoms with Gasteiger partial charge in [-0.05, 0) is 157 Å². The van der Waals surface area contributed by atoms with Crippen LogP contribution in [0.2, 0.25) is 18.1 Å². The lowest BCUT2D eigenvalue weighted by Gasteiger charge is -2.40. The van der Waals surface area contributed by atoms with Crippen LogP contribution in [0.3, 0.4) is 0 Å². The predicted molar refractivity (Wildman–Crippen MR) is 342 cm³/mol. The number of fused-ring (bicyclic) bond motifs is 4. The van der Waals surface area contributed by atoms with Crippen LogP contribution in [0.15, 0.2) is 73.8 Å². The summed E-state index contributed by atoms with van der Waals surface area (Å²) in [6.07, 6.45) is 8.64. The normalized spacial score (nSPS) is 24.1. The first-order valence-electron chi connectivity index (χ1n) is 31.2. The van der Waals surface area contributed by atoms with Crippen molar-refractivity contribution in [1.82, 2.24) is 36.6 Å². The molecule has 6 amide bonds. The van der Waals surface area contributed by atoms with E-state index in [0.717, 1.165) is 22.3 Å². The molecule has 3 aliphatic heterocycles. The second-order valence-electron chi connectivity index (χ2n) is 26.0. The van der Waals surface area contributed by atoms with E-state index in [0.29, 0.717) is 64.5 Å². The van der Waals surface area contributed by atoms with Crippen molar-refractivity contribution in [2.24, 2.45) is 29.6 Å². The van der Waals surface area contributed by atoms with E-state index in [2.05, 4.69) is 73.7 Å². The number of piperidine rings is 1. The predicted octanol–water partition coefficient (Wildman–Crippen LogP) is 9.05. The Labute approximate surface area is 519 Å². The van der Waals surface area contributed by atoms with Gasteiger partial charge in [0.25, 0.3) is 17.7 Å². The van der Waals surface area contributed by atoms with Crippen LogP contribution in [0, 0.1) is 29.6 Å². The van der Waals surface area contributed by atoms with Gasteiger partial charge in [0.1, 0.15) is 18.1 Å². The van der Waals surface area contributed by atoms with E-state index in [4.69, 9.17) is 13.9 Å². The number of aliphatic hydroxyl groups is 1. The van der Waals surface area contributed by atoms with Gasteiger partial charge in [0.15, 0.2) is 20.5 Å². The molecule has 0 aromatic heterocycles. The van der Waals surface area contributed by atoms with Crippen molar-refractivity contribution in [2.75, 3.05) is 19.6 Å². The molecule has 3 aliphatic rings. The summed E-state index contributed by atoms with van der Waals surface area (Å²) in [4.78, 5) is 107. The Hall–Kier alpha value is -6.48. The third-order valence-corrected chi connectivity index (χ3v) is 21.5. The number of hydrazine groups is 1. The summed E-state index contributed by atoms with van der Waals surface area (Å²) < 4.78 is 18.0. The van der Waals surface area contributed by atoms with Crippen molar-refractivity contribution in [1.29, 1.82) is 0 Å². The van der Waals surface area contributed by atoms with Crippen LogP contribution in [-0.4, -0.2) is 133 Å². The molecule has 5 rings (SSSR count). The van der Waals surface area contributed by atoms with E-state index in [1.54, 1.807) is 66.4 Å². The minimum Gasteiger partial charge on any atom is -0.452 e. The third-order valence-electron chi connectivity index (χ3n) is 17.0. The Kier molecular flexibility index (Phi) is 28.3. The number of benzene rings is 2. The molecule has 2 aromatic carbocycles. The van der Waals surface area contributed by atoms with Crippen molar-refractivity contribution >= 4 is 67.9 Å². The number of nitrogens with zero attached hydrogens (tertiary/aromatic N) is 2. The number of ether oxygens (including phenoxy) is 2. The van der Waals surface area contributed by atoms with Crippen molar-refractivity contribution in [3.05, 3.63) is 96.1 Å². The standard InChI is InChI=1S/C38H61N3O6Si.C29H42N4O6/c1-13-15-21-32(47-48(11,12)38(8,9)10)26(5)37(45)46-33(25(3)4)35(43)40-28(7)36(44)41-22-17-20-31(24-41)34(42)39-27(6)30-19-16-18-29(14-2)23-30;1-17(2)25-27(36)31-20(5)28(37)33-15-9-13-23(32-33)26(35)30-19(4)22-12-8-11-21(16-22)10-6-7-14-24(34)18(3)29(38)39-25/h13-14,16,18-19,23,25-28,31-33H,1-2,15,17,20-22,24H2,3-12H3,(H,39,42)(H,40,43);6,8,10-12,16-20,23-25,32,34H,7,9,13-15H2,1-5H3,(H,30,35)(H,31,36)/b;10-6+/t26-,27-,28+,31-,32-,33+;18-,19-,20+,23+,24-,25+/m11/s1. The number of amides is 6. The summed E-state index contributed by atoms with van der Waals surface area (Å²) in [6, 6.07) is 12.8. The molecule has 20 heteroatoms. The number of hydrogen-bond donors (Lipinski definition) is 6. The molecule has 19 nitrogen and oxygen atoms in total. The molecule has 12 atom stereocenters. The molecular formula is C67H103N7O12Si. The quantitative estimate of drug-likeness (QED) is 0.0492. The van der Waals surface area contributed by atoms with Gasteiger partial charge in [-0.2, -0.15) is 0 Å². The summed E-state index contributed by atoms with van der Waals surface area (Å²) in [5, 5.41) is 23.5. The van der Waals surface area contributed by atoms with Gasteiger partial charge in [-0.25, -0.2) is 5.43 Å². The Balaban J connectivity index is 0.000000380. The SMILES string of the molecule is C=CCC[C@@H](O[Si](C)(C)C(C)(C)C)[C@@H](C)C(=O)O[C@H](C(=O)N[C@@H](C)C(=O)N1CCC[C@@H](C(=O)N[C@H](C)c2cccc(C=C)c2)C1)C(C)C.CC(C)[C@@H]1OC(=O)[C@H](C)[C@H](O)CC/C=C/c2cccc(c2)[C@@H](C)NC(=O)[C@@H]2CCCN(N2)C(=O)[C@H](C)NC1=O. The van der Waals surface area contributed by atoms with Crippen LogP contribution in [0.1, 0.15) is 176 Å². The van der Waals surface area contributed by atoms with Crippen molar-refractivity contribution in [3.63, 3.8) is 0 Å². The molecule has 6 N–H and O–H groups in total. The number of aliphatic hydroxyl groups excluding tert-OH is 1. The fraction of sp³-hybridized carbons (Fsp3) is 0.612. The maximum Gasteiger partial charge on any atom is 0.312 e. The molecule has 2 aromatic rings. The number of rotatable bonds is 17. The van der Waals surface area contributed by atoms with Crippen molar-refractivity contribution < 1.29 is 57.4 Å². The molecular weight excluding hydrogens is 1120 g/mol. The monoisotopic (exact) mass is 1230 g/mol. The topological polar surface area (TPSA) is 251 Å². The van der Waals surface area contributed by atoms with Gasteiger partial charge >= 0.3 is 11.9 Å². The van der Waals surface area contributed by atoms with Gasteiger partial charge in [-0.1, -0.05) is 116 Å². The van der Waals surface area contributed by atoms with Crippen molar-refractivity contribution in [3.8, 4) is 0 Å². The van der Waals surface area contributed by atoms with Gasteiger partial charge < -0.3 is 45.2 Å². The Morgan fingerprint density at radius 3 is 2.17 bits per heavy atom. The zero-order valence-corrected chi connectivity index (χ0v) is 55.5. The molecule has 3 heterocycles. The van der Waals surface area contributed by atoms with Crippen LogP contribution in [0.4, 0.5) is 0 Å². The molecule has 87 heavy (non-hydrogen) atoms. The van der Waals surface area contributed by atoms with Crippen LogP contribution >= 0.6 is 0 Å². The Morgan fingerprint density at radius 1 is 0.862 bits per heavy atom. The maximum absolute atomic E-state index is 13.5. The number of esters is 2. The summed E-state index contributed by atoms with van der Waals surface area (Å²) in [5.41, 5.74) is 6.85. The van der Waals surface area contributed by atoms with E-state index >= 15 is 0 Å². The number of likely N-dealkylation sites (tertiary alicyclic amines) is 1. The van der Waals surface area contributed by atoms with E-state index in [-0.39, 0.29) is 65.2 Å². The van der Waals surface area contributed by atoms with Gasteiger partial charge in [0.2, 0.25) is 17.7 Å². The lowest BCUT2D eigenvalue weighted by Crippen LogP contribution is -2.61. The highest BCUT2D eigenvalue weighted by molar-refractivity contribution is 6.74. The van der Waals surface area contributed by atoms with Crippen molar-refractivity contribution in [2.45, 2.75) is 214 Å². The number of allylic oxidation sites excluding steroid dienone is 2. The molecule has 0 saturated carbocycles. The molecule has 4 bridgehead atoms. The zero-order valence-electron chi connectivity index (χ0n) is 54.5. The number of cyclic esters (lactones) is 1. The zero-order chi connectivity index (χ0) is 65.1. The minimum absolute atomic E-state index is 0.0410. The number of carbonyl (C=O) groups excluding carboxylic acids is 8. The first-order valence-corrected chi connectivity index (χ1v) is 34.2. The lowest BCUT2D eigenvalue weighted by molar-refractivity contribution is -0.165. The highest BCUT2D eigenvalue weighted by Gasteiger charge is 2.43. The van der Waals surface area contributed by atoms with Gasteiger partial charge in [0.05, 0.1) is 42.0 Å². The average Bonchev–Trinajstić information content (AvgIpc) is 3.67. The average molecular weight is 1230 g/mol. The molecule has 0 unspecified atom stereocenters. The number of hydrogen-bond acceptors (Lipinski definition) is 13. The number of nitrogens with one attached hydrogen (secondary N) is 5. The minimum atomic E-state index is -2.19. The Bertz CT molecular complexity index is 2730. The van der Waals surface area contributed by atoms with Gasteiger partial charge in [0, 0.05) is 19.6 Å². The van der Waals surface area contributed by atoms with Crippen LogP contribution in [0.5, 0.6) is 0 Å². The third kappa shape index (κ3) is 21.7. The first-order chi connectivity index (χ1) is 40.8. The second-order valence-corrected chi connectivity index (χ2v) is 30.8. The molecule has 2 saturated heterocycles. The van der Waals surface area contributed by atoms with Crippen LogP contribution in [-0.2, 0) is 52.3 Å². The highest BCUT2D eigenvalue weighted by atomic mass is 28.4. The summed E-state index contributed by atoms with van der Waals surface area (Å²) >= 11 is 0. The van der Waals surface area contributed by atoms with E-state index in [1.165, 1.54) is 5.01 Å².